The summed E-state index contributed by atoms with van der Waals surface area (Å²) in [5.41, 5.74) is 0. The Kier molecular flexibility index (Phi) is 7.09. The monoisotopic (exact) mass is 296 g/mol. The first kappa shape index (κ1) is 17.6. The van der Waals surface area contributed by atoms with Crippen LogP contribution < -0.4 is 0 Å². The summed E-state index contributed by atoms with van der Waals surface area (Å²) in [5, 5.41) is -0.111. The third-order valence-electron chi connectivity index (χ3n) is 2.11. The highest BCUT2D eigenvalue weighted by Crippen LogP contribution is 2.37. The first-order valence-electron chi connectivity index (χ1n) is 5.35. The molecule has 0 bridgehead atoms. The third kappa shape index (κ3) is 6.51. The minimum atomic E-state index is -5.55. The van der Waals surface area contributed by atoms with E-state index in [1.165, 1.54) is 0 Å². The number of alkyl halides is 6. The van der Waals surface area contributed by atoms with Crippen LogP contribution in [-0.2, 0) is 4.79 Å². The molecule has 1 atom stereocenters. The van der Waals surface area contributed by atoms with Gasteiger partial charge in [-0.3, -0.25) is 4.79 Å². The van der Waals surface area contributed by atoms with Crippen molar-refractivity contribution in [2.45, 2.75) is 50.9 Å². The van der Waals surface area contributed by atoms with Gasteiger partial charge in [0.15, 0.2) is 5.12 Å². The fourth-order valence-corrected chi connectivity index (χ4v) is 1.90. The Labute approximate surface area is 105 Å². The van der Waals surface area contributed by atoms with Crippen molar-refractivity contribution < 1.29 is 31.1 Å². The average molecular weight is 296 g/mol. The first-order valence-corrected chi connectivity index (χ1v) is 6.34. The van der Waals surface area contributed by atoms with Crippen LogP contribution in [0.15, 0.2) is 0 Å². The average Bonchev–Trinajstić information content (AvgIpc) is 2.25. The first-order chi connectivity index (χ1) is 8.11. The molecule has 1 unspecified atom stereocenters. The number of rotatable bonds is 7. The van der Waals surface area contributed by atoms with E-state index in [-0.39, 0.29) is 23.7 Å². The van der Waals surface area contributed by atoms with Gasteiger partial charge in [0.1, 0.15) is 0 Å². The van der Waals surface area contributed by atoms with Crippen molar-refractivity contribution in [3.63, 3.8) is 0 Å². The molecule has 0 saturated heterocycles. The zero-order valence-corrected chi connectivity index (χ0v) is 10.5. The quantitative estimate of drug-likeness (QED) is 0.513. The summed E-state index contributed by atoms with van der Waals surface area (Å²) in [6, 6.07) is 0. The van der Waals surface area contributed by atoms with Crippen LogP contribution in [0.25, 0.3) is 0 Å². The minimum Gasteiger partial charge on any atom is -0.287 e. The molecule has 0 aliphatic heterocycles. The molecule has 0 spiro atoms. The molecule has 108 valence electrons. The number of hydrogen-bond acceptors (Lipinski definition) is 2. The highest BCUT2D eigenvalue weighted by atomic mass is 32.2. The fraction of sp³-hybridized carbons (Fsp3) is 0.900. The Morgan fingerprint density at radius 1 is 1.17 bits per heavy atom. The maximum Gasteiger partial charge on any atom is 0.425 e. The summed E-state index contributed by atoms with van der Waals surface area (Å²) in [4.78, 5) is 10.8. The molecule has 0 N–H and O–H groups in total. The zero-order valence-electron chi connectivity index (χ0n) is 9.70. The normalized spacial score (nSPS) is 14.6. The molecule has 0 saturated carbocycles. The number of halogens is 6. The summed E-state index contributed by atoms with van der Waals surface area (Å²) in [6.07, 6.45) is -10.6. The van der Waals surface area contributed by atoms with Gasteiger partial charge in [-0.15, -0.1) is 0 Å². The van der Waals surface area contributed by atoms with Gasteiger partial charge in [-0.2, -0.15) is 13.2 Å². The van der Waals surface area contributed by atoms with Crippen LogP contribution in [0.5, 0.6) is 0 Å². The topological polar surface area (TPSA) is 17.1 Å². The van der Waals surface area contributed by atoms with Crippen LogP contribution in [0.3, 0.4) is 0 Å². The number of carbonyl (C=O) groups excluding carboxylic acids is 1. The lowest BCUT2D eigenvalue weighted by atomic mass is 10.1. The molecule has 0 rings (SSSR count). The summed E-state index contributed by atoms with van der Waals surface area (Å²) in [5.74, 6) is -4.15. The van der Waals surface area contributed by atoms with Gasteiger partial charge in [-0.05, 0) is 12.8 Å². The second-order valence-corrected chi connectivity index (χ2v) is 4.85. The lowest BCUT2D eigenvalue weighted by Crippen LogP contribution is -2.41. The van der Waals surface area contributed by atoms with Crippen molar-refractivity contribution >= 4 is 16.9 Å². The number of hydrogen-bond donors (Lipinski definition) is 0. The van der Waals surface area contributed by atoms with Crippen molar-refractivity contribution in [1.82, 2.24) is 0 Å². The molecule has 8 heteroatoms. The van der Waals surface area contributed by atoms with E-state index in [1.807, 2.05) is 0 Å². The van der Waals surface area contributed by atoms with E-state index in [0.717, 1.165) is 11.8 Å². The van der Waals surface area contributed by atoms with E-state index in [2.05, 4.69) is 0 Å². The van der Waals surface area contributed by atoms with Crippen molar-refractivity contribution in [2.24, 2.45) is 0 Å². The van der Waals surface area contributed by atoms with Gasteiger partial charge in [0, 0.05) is 18.6 Å². The van der Waals surface area contributed by atoms with Crippen molar-refractivity contribution in [3.8, 4) is 0 Å². The molecule has 0 aromatic carbocycles. The van der Waals surface area contributed by atoms with E-state index in [9.17, 15) is 31.1 Å². The molecule has 0 aromatic rings. The highest BCUT2D eigenvalue weighted by Gasteiger charge is 2.56. The van der Waals surface area contributed by atoms with Crippen molar-refractivity contribution in [3.05, 3.63) is 0 Å². The van der Waals surface area contributed by atoms with Crippen LogP contribution in [0.4, 0.5) is 26.3 Å². The second kappa shape index (κ2) is 7.25. The third-order valence-corrected chi connectivity index (χ3v) is 3.22. The Balaban J connectivity index is 3.94. The van der Waals surface area contributed by atoms with Gasteiger partial charge in [0.05, 0.1) is 0 Å². The molecular formula is C10H14F6OS. The van der Waals surface area contributed by atoms with Gasteiger partial charge >= 0.3 is 6.18 Å². The number of unbranched alkanes of at least 4 members (excludes halogenated alkanes) is 1. The largest absolute Gasteiger partial charge is 0.425 e. The van der Waals surface area contributed by atoms with Gasteiger partial charge in [0.2, 0.25) is 0 Å². The Hall–Kier alpha value is -0.400. The van der Waals surface area contributed by atoms with E-state index >= 15 is 0 Å². The molecule has 0 aliphatic rings. The molecule has 18 heavy (non-hydrogen) atoms. The standard InChI is InChI=1S/C10H14F6OS/c1-2-7(17)18-6-4-3-5-9(12,13)8(11)10(14,15)16/h8H,2-6H2,1H3. The van der Waals surface area contributed by atoms with Gasteiger partial charge < -0.3 is 0 Å². The van der Waals surface area contributed by atoms with Crippen LogP contribution in [-0.4, -0.2) is 29.1 Å². The van der Waals surface area contributed by atoms with Crippen LogP contribution >= 0.6 is 11.8 Å². The summed E-state index contributed by atoms with van der Waals surface area (Å²) < 4.78 is 73.3. The molecular weight excluding hydrogens is 282 g/mol. The van der Waals surface area contributed by atoms with Gasteiger partial charge in [-0.25, -0.2) is 13.2 Å². The smallest absolute Gasteiger partial charge is 0.287 e. The maximum absolute atomic E-state index is 12.8. The van der Waals surface area contributed by atoms with Gasteiger partial charge in [0.25, 0.3) is 12.1 Å². The van der Waals surface area contributed by atoms with E-state index < -0.39 is 24.7 Å². The number of carbonyl (C=O) groups is 1. The Morgan fingerprint density at radius 2 is 1.72 bits per heavy atom. The fourth-order valence-electron chi connectivity index (χ4n) is 1.12. The molecule has 0 heterocycles. The lowest BCUT2D eigenvalue weighted by molar-refractivity contribution is -0.245. The summed E-state index contributed by atoms with van der Waals surface area (Å²) in [6.45, 7) is 1.64. The van der Waals surface area contributed by atoms with E-state index in [0.29, 0.717) is 6.42 Å². The lowest BCUT2D eigenvalue weighted by Gasteiger charge is -2.22. The van der Waals surface area contributed by atoms with Crippen LogP contribution in [0.2, 0.25) is 0 Å². The second-order valence-electron chi connectivity index (χ2n) is 3.70. The molecule has 1 nitrogen and oxygen atoms in total. The summed E-state index contributed by atoms with van der Waals surface area (Å²) >= 11 is 0.941. The molecule has 0 aliphatic carbocycles. The Bertz CT molecular complexity index is 266. The van der Waals surface area contributed by atoms with Crippen LogP contribution in [0.1, 0.15) is 32.6 Å². The minimum absolute atomic E-state index is 0.111. The van der Waals surface area contributed by atoms with Crippen LogP contribution in [0, 0.1) is 0 Å². The van der Waals surface area contributed by atoms with Crippen molar-refractivity contribution in [1.29, 1.82) is 0 Å². The molecule has 0 aromatic heterocycles. The predicted octanol–water partition coefficient (Wildman–Crippen LogP) is 4.36. The number of thioether (sulfide) groups is 1. The SMILES string of the molecule is CCC(=O)SCCCCC(F)(F)C(F)C(F)(F)F. The van der Waals surface area contributed by atoms with Gasteiger partial charge in [-0.1, -0.05) is 18.7 Å². The van der Waals surface area contributed by atoms with E-state index in [4.69, 9.17) is 0 Å². The highest BCUT2D eigenvalue weighted by molar-refractivity contribution is 8.13. The summed E-state index contributed by atoms with van der Waals surface area (Å²) in [7, 11) is 0. The molecule has 0 fully saturated rings. The Morgan fingerprint density at radius 3 is 2.17 bits per heavy atom. The molecule has 0 amide bonds. The van der Waals surface area contributed by atoms with E-state index in [1.54, 1.807) is 6.92 Å². The molecule has 0 radical (unpaired) electrons. The predicted molar refractivity (Wildman–Crippen MR) is 57.5 cm³/mol. The maximum atomic E-state index is 12.8. The zero-order chi connectivity index (χ0) is 14.4. The van der Waals surface area contributed by atoms with Crippen molar-refractivity contribution in [2.75, 3.05) is 5.75 Å².